The predicted octanol–water partition coefficient (Wildman–Crippen LogP) is 4.89. The number of benzene rings is 1. The standard InChI is InChI=1S/C27H41NO5/c1-20(2)27(22(13-17-29)19-24(31-4)25(32-5)26(27)33-6)14-9-16-28-15-8-11-21-10-7-12-23(18-21)30-3/h7,10,12,17-20,22,28H,8-9,11,13-16H2,1-6H3/t22-,27?/m0/s1. The maximum absolute atomic E-state index is 11.6. The van der Waals surface area contributed by atoms with E-state index < -0.39 is 0 Å². The van der Waals surface area contributed by atoms with Crippen molar-refractivity contribution in [2.24, 2.45) is 17.3 Å². The van der Waals surface area contributed by atoms with Gasteiger partial charge in [-0.25, -0.2) is 0 Å². The van der Waals surface area contributed by atoms with Crippen LogP contribution in [0.2, 0.25) is 0 Å². The van der Waals surface area contributed by atoms with Crippen LogP contribution in [0, 0.1) is 17.3 Å². The van der Waals surface area contributed by atoms with Crippen LogP contribution >= 0.6 is 0 Å². The summed E-state index contributed by atoms with van der Waals surface area (Å²) in [5.41, 5.74) is 0.960. The molecule has 184 valence electrons. The maximum atomic E-state index is 11.6. The Kier molecular flexibility index (Phi) is 10.8. The highest BCUT2D eigenvalue weighted by molar-refractivity contribution is 5.52. The monoisotopic (exact) mass is 459 g/mol. The Bertz CT molecular complexity index is 816. The third kappa shape index (κ3) is 6.32. The summed E-state index contributed by atoms with van der Waals surface area (Å²) in [5, 5.41) is 3.58. The number of allylic oxidation sites excluding steroid dienone is 2. The lowest BCUT2D eigenvalue weighted by atomic mass is 9.60. The van der Waals surface area contributed by atoms with E-state index in [4.69, 9.17) is 18.9 Å². The van der Waals surface area contributed by atoms with Crippen LogP contribution < -0.4 is 10.1 Å². The summed E-state index contributed by atoms with van der Waals surface area (Å²) in [6.45, 7) is 6.24. The average molecular weight is 460 g/mol. The fourth-order valence-electron chi connectivity index (χ4n) is 5.07. The molecule has 0 amide bonds. The molecule has 2 rings (SSSR count). The SMILES string of the molecule is COC1=C[C@H](CC=O)C(CCCNCCCc2cccc(OC)c2)(C(C)C)C(OC)=C1OC. The van der Waals surface area contributed by atoms with Crippen molar-refractivity contribution in [3.63, 3.8) is 0 Å². The van der Waals surface area contributed by atoms with Gasteiger partial charge in [0.1, 0.15) is 17.8 Å². The number of carbonyl (C=O) groups is 1. The molecule has 0 fully saturated rings. The van der Waals surface area contributed by atoms with Gasteiger partial charge in [-0.3, -0.25) is 0 Å². The first-order valence-electron chi connectivity index (χ1n) is 11.8. The summed E-state index contributed by atoms with van der Waals surface area (Å²) < 4.78 is 22.5. The summed E-state index contributed by atoms with van der Waals surface area (Å²) in [6, 6.07) is 8.23. The zero-order valence-corrected chi connectivity index (χ0v) is 21.1. The first kappa shape index (κ1) is 26.8. The van der Waals surface area contributed by atoms with Crippen LogP contribution in [0.5, 0.6) is 5.75 Å². The minimum atomic E-state index is -0.328. The topological polar surface area (TPSA) is 66.0 Å². The number of aryl methyl sites for hydroxylation is 1. The molecule has 0 saturated heterocycles. The van der Waals surface area contributed by atoms with Gasteiger partial charge in [0.2, 0.25) is 0 Å². The highest BCUT2D eigenvalue weighted by Gasteiger charge is 2.49. The zero-order chi connectivity index (χ0) is 24.3. The summed E-state index contributed by atoms with van der Waals surface area (Å²) >= 11 is 0. The molecule has 0 aromatic heterocycles. The Morgan fingerprint density at radius 2 is 1.79 bits per heavy atom. The molecule has 2 atom stereocenters. The van der Waals surface area contributed by atoms with Crippen LogP contribution in [0.25, 0.3) is 0 Å². The second-order valence-electron chi connectivity index (χ2n) is 8.81. The molecular weight excluding hydrogens is 418 g/mol. The second-order valence-corrected chi connectivity index (χ2v) is 8.81. The van der Waals surface area contributed by atoms with Crippen molar-refractivity contribution in [3.8, 4) is 5.75 Å². The Morgan fingerprint density at radius 3 is 2.39 bits per heavy atom. The number of hydrogen-bond acceptors (Lipinski definition) is 6. The highest BCUT2D eigenvalue weighted by Crippen LogP contribution is 2.53. The molecule has 1 aliphatic rings. The lowest BCUT2D eigenvalue weighted by Crippen LogP contribution is -2.42. The van der Waals surface area contributed by atoms with Gasteiger partial charge in [0.15, 0.2) is 11.5 Å². The molecular formula is C27H41NO5. The smallest absolute Gasteiger partial charge is 0.199 e. The number of carbonyl (C=O) groups excluding carboxylic acids is 1. The van der Waals surface area contributed by atoms with E-state index >= 15 is 0 Å². The molecule has 1 aliphatic carbocycles. The number of rotatable bonds is 15. The number of ether oxygens (including phenoxy) is 4. The van der Waals surface area contributed by atoms with Crippen LogP contribution in [0.4, 0.5) is 0 Å². The van der Waals surface area contributed by atoms with Gasteiger partial charge in [0.25, 0.3) is 0 Å². The minimum Gasteiger partial charge on any atom is -0.497 e. The number of aldehydes is 1. The molecule has 1 aromatic carbocycles. The zero-order valence-electron chi connectivity index (χ0n) is 21.1. The predicted molar refractivity (Wildman–Crippen MR) is 131 cm³/mol. The molecule has 0 spiro atoms. The van der Waals surface area contributed by atoms with Crippen molar-refractivity contribution in [1.82, 2.24) is 5.32 Å². The van der Waals surface area contributed by atoms with Gasteiger partial charge in [0, 0.05) is 17.8 Å². The second kappa shape index (κ2) is 13.3. The molecule has 0 heterocycles. The van der Waals surface area contributed by atoms with E-state index in [0.29, 0.717) is 17.9 Å². The van der Waals surface area contributed by atoms with Gasteiger partial charge < -0.3 is 29.1 Å². The van der Waals surface area contributed by atoms with E-state index in [9.17, 15) is 4.79 Å². The van der Waals surface area contributed by atoms with E-state index in [1.807, 2.05) is 18.2 Å². The van der Waals surface area contributed by atoms with Gasteiger partial charge in [-0.15, -0.1) is 0 Å². The molecule has 1 unspecified atom stereocenters. The number of methoxy groups -OCH3 is 4. The largest absolute Gasteiger partial charge is 0.497 e. The van der Waals surface area contributed by atoms with Gasteiger partial charge in [-0.1, -0.05) is 26.0 Å². The quantitative estimate of drug-likeness (QED) is 0.297. The van der Waals surface area contributed by atoms with Crippen molar-refractivity contribution in [3.05, 3.63) is 53.2 Å². The Balaban J connectivity index is 2.01. The molecule has 1 N–H and O–H groups in total. The molecule has 0 radical (unpaired) electrons. The first-order chi connectivity index (χ1) is 16.0. The van der Waals surface area contributed by atoms with E-state index in [2.05, 4.69) is 31.3 Å². The van der Waals surface area contributed by atoms with E-state index in [1.54, 1.807) is 28.4 Å². The third-order valence-corrected chi connectivity index (χ3v) is 6.77. The fraction of sp³-hybridized carbons (Fsp3) is 0.593. The van der Waals surface area contributed by atoms with Crippen LogP contribution in [0.3, 0.4) is 0 Å². The maximum Gasteiger partial charge on any atom is 0.199 e. The highest BCUT2D eigenvalue weighted by atomic mass is 16.5. The lowest BCUT2D eigenvalue weighted by Gasteiger charge is -2.46. The number of nitrogens with one attached hydrogen (secondary N) is 1. The van der Waals surface area contributed by atoms with Gasteiger partial charge in [-0.05, 0) is 68.5 Å². The molecule has 0 aliphatic heterocycles. The van der Waals surface area contributed by atoms with Crippen molar-refractivity contribution < 1.29 is 23.7 Å². The van der Waals surface area contributed by atoms with Crippen LogP contribution in [0.15, 0.2) is 47.6 Å². The van der Waals surface area contributed by atoms with Crippen molar-refractivity contribution in [2.45, 2.75) is 46.0 Å². The van der Waals surface area contributed by atoms with Crippen molar-refractivity contribution in [2.75, 3.05) is 41.5 Å². The molecule has 1 aromatic rings. The van der Waals surface area contributed by atoms with E-state index in [1.165, 1.54) is 5.56 Å². The summed E-state index contributed by atoms with van der Waals surface area (Å²) in [4.78, 5) is 11.6. The minimum absolute atomic E-state index is 0.00754. The van der Waals surface area contributed by atoms with Crippen molar-refractivity contribution >= 4 is 6.29 Å². The van der Waals surface area contributed by atoms with Gasteiger partial charge in [-0.2, -0.15) is 0 Å². The van der Waals surface area contributed by atoms with Gasteiger partial charge in [0.05, 0.1) is 28.4 Å². The van der Waals surface area contributed by atoms with Crippen LogP contribution in [-0.2, 0) is 25.4 Å². The summed E-state index contributed by atoms with van der Waals surface area (Å²) in [7, 11) is 6.63. The molecule has 6 nitrogen and oxygen atoms in total. The summed E-state index contributed by atoms with van der Waals surface area (Å²) in [5.74, 6) is 3.19. The molecule has 0 bridgehead atoms. The van der Waals surface area contributed by atoms with E-state index in [0.717, 1.165) is 56.6 Å². The first-order valence-corrected chi connectivity index (χ1v) is 11.8. The van der Waals surface area contributed by atoms with Gasteiger partial charge >= 0.3 is 0 Å². The Morgan fingerprint density at radius 1 is 1.03 bits per heavy atom. The lowest BCUT2D eigenvalue weighted by molar-refractivity contribution is -0.109. The third-order valence-electron chi connectivity index (χ3n) is 6.77. The average Bonchev–Trinajstić information content (AvgIpc) is 2.83. The van der Waals surface area contributed by atoms with Crippen LogP contribution in [-0.4, -0.2) is 47.8 Å². The fourth-order valence-corrected chi connectivity index (χ4v) is 5.07. The van der Waals surface area contributed by atoms with Crippen LogP contribution in [0.1, 0.15) is 45.1 Å². The molecule has 33 heavy (non-hydrogen) atoms. The Labute approximate surface area is 199 Å². The molecule has 6 heteroatoms. The normalized spacial score (nSPS) is 20.5. The Hall–Kier alpha value is -2.47. The number of hydrogen-bond donors (Lipinski definition) is 1. The van der Waals surface area contributed by atoms with E-state index in [-0.39, 0.29) is 17.3 Å². The summed E-state index contributed by atoms with van der Waals surface area (Å²) in [6.07, 6.45) is 7.38. The van der Waals surface area contributed by atoms with Crippen molar-refractivity contribution in [1.29, 1.82) is 0 Å². The molecule has 0 saturated carbocycles.